The molecule has 132 valence electrons. The van der Waals surface area contributed by atoms with E-state index < -0.39 is 0 Å². The summed E-state index contributed by atoms with van der Waals surface area (Å²) in [6.07, 6.45) is 3.11. The van der Waals surface area contributed by atoms with Crippen molar-refractivity contribution < 1.29 is 14.6 Å². The Kier molecular flexibility index (Phi) is 7.36. The lowest BCUT2D eigenvalue weighted by Gasteiger charge is -2.33. The van der Waals surface area contributed by atoms with Crippen molar-refractivity contribution in [2.75, 3.05) is 26.8 Å². The van der Waals surface area contributed by atoms with Crippen molar-refractivity contribution in [1.82, 2.24) is 4.90 Å². The second-order valence-corrected chi connectivity index (χ2v) is 6.45. The standard InChI is InChI=1S/C19H28N2O3/c1-15(22)17-7-10-21(11-8-17)14-16-5-6-18(23-2)19(13-16)24-12-4-3-9-20/h5-6,13,15,17,22H,3-4,7-8,10-12,14H2,1-2H3. The summed E-state index contributed by atoms with van der Waals surface area (Å²) in [5.74, 6) is 1.89. The fourth-order valence-corrected chi connectivity index (χ4v) is 3.12. The molecule has 0 aromatic heterocycles. The molecule has 0 amide bonds. The summed E-state index contributed by atoms with van der Waals surface area (Å²) in [5.41, 5.74) is 1.20. The van der Waals surface area contributed by atoms with Crippen LogP contribution >= 0.6 is 0 Å². The average Bonchev–Trinajstić information content (AvgIpc) is 2.59. The summed E-state index contributed by atoms with van der Waals surface area (Å²) >= 11 is 0. The third kappa shape index (κ3) is 5.40. The molecule has 0 radical (unpaired) electrons. The number of methoxy groups -OCH3 is 1. The Morgan fingerprint density at radius 2 is 2.08 bits per heavy atom. The number of aliphatic hydroxyl groups is 1. The van der Waals surface area contributed by atoms with Crippen LogP contribution in [0.25, 0.3) is 0 Å². The van der Waals surface area contributed by atoms with Crippen LogP contribution in [0.5, 0.6) is 11.5 Å². The highest BCUT2D eigenvalue weighted by Crippen LogP contribution is 2.29. The molecule has 1 aliphatic heterocycles. The first-order valence-electron chi connectivity index (χ1n) is 8.71. The van der Waals surface area contributed by atoms with E-state index in [1.807, 2.05) is 19.1 Å². The predicted molar refractivity (Wildman–Crippen MR) is 93.0 cm³/mol. The van der Waals surface area contributed by atoms with E-state index in [1.165, 1.54) is 5.56 Å². The normalized spacial score (nSPS) is 17.2. The van der Waals surface area contributed by atoms with Crippen LogP contribution in [-0.4, -0.2) is 42.9 Å². The topological polar surface area (TPSA) is 65.7 Å². The van der Waals surface area contributed by atoms with E-state index in [0.29, 0.717) is 18.9 Å². The summed E-state index contributed by atoms with van der Waals surface area (Å²) in [6, 6.07) is 8.17. The van der Waals surface area contributed by atoms with Crippen LogP contribution < -0.4 is 9.47 Å². The van der Waals surface area contributed by atoms with Crippen LogP contribution in [0.15, 0.2) is 18.2 Å². The molecule has 0 aliphatic carbocycles. The molecule has 1 fully saturated rings. The van der Waals surface area contributed by atoms with Gasteiger partial charge in [0.15, 0.2) is 11.5 Å². The number of piperidine rings is 1. The van der Waals surface area contributed by atoms with Crippen molar-refractivity contribution in [3.8, 4) is 17.6 Å². The number of benzene rings is 1. The van der Waals surface area contributed by atoms with Crippen molar-refractivity contribution in [1.29, 1.82) is 5.26 Å². The Balaban J connectivity index is 1.92. The quantitative estimate of drug-likeness (QED) is 0.741. The van der Waals surface area contributed by atoms with E-state index in [9.17, 15) is 5.11 Å². The monoisotopic (exact) mass is 332 g/mol. The molecule has 2 rings (SSSR count). The van der Waals surface area contributed by atoms with Crippen LogP contribution in [0.2, 0.25) is 0 Å². The number of ether oxygens (including phenoxy) is 2. The number of aliphatic hydroxyl groups excluding tert-OH is 1. The molecule has 0 spiro atoms. The van der Waals surface area contributed by atoms with Crippen molar-refractivity contribution >= 4 is 0 Å². The number of hydrogen-bond acceptors (Lipinski definition) is 5. The molecule has 0 bridgehead atoms. The summed E-state index contributed by atoms with van der Waals surface area (Å²) < 4.78 is 11.1. The minimum Gasteiger partial charge on any atom is -0.493 e. The largest absolute Gasteiger partial charge is 0.493 e. The van der Waals surface area contributed by atoms with E-state index in [0.717, 1.165) is 50.4 Å². The molecular weight excluding hydrogens is 304 g/mol. The number of likely N-dealkylation sites (tertiary alicyclic amines) is 1. The fourth-order valence-electron chi connectivity index (χ4n) is 3.12. The maximum atomic E-state index is 9.70. The zero-order valence-corrected chi connectivity index (χ0v) is 14.7. The first kappa shape index (κ1) is 18.6. The highest BCUT2D eigenvalue weighted by Gasteiger charge is 2.22. The van der Waals surface area contributed by atoms with Gasteiger partial charge in [-0.05, 0) is 62.9 Å². The number of unbranched alkanes of at least 4 members (excludes halogenated alkanes) is 1. The van der Waals surface area contributed by atoms with Gasteiger partial charge in [-0.2, -0.15) is 5.26 Å². The lowest BCUT2D eigenvalue weighted by atomic mass is 9.92. The fraction of sp³-hybridized carbons (Fsp3) is 0.632. The molecule has 1 N–H and O–H groups in total. The van der Waals surface area contributed by atoms with Gasteiger partial charge in [0.05, 0.1) is 25.9 Å². The van der Waals surface area contributed by atoms with Crippen molar-refractivity contribution in [2.24, 2.45) is 5.92 Å². The highest BCUT2D eigenvalue weighted by atomic mass is 16.5. The Morgan fingerprint density at radius 3 is 2.71 bits per heavy atom. The molecule has 1 unspecified atom stereocenters. The lowest BCUT2D eigenvalue weighted by molar-refractivity contribution is 0.0695. The Labute approximate surface area is 144 Å². The van der Waals surface area contributed by atoms with Gasteiger partial charge in [-0.15, -0.1) is 0 Å². The van der Waals surface area contributed by atoms with Gasteiger partial charge in [0, 0.05) is 13.0 Å². The van der Waals surface area contributed by atoms with E-state index in [4.69, 9.17) is 14.7 Å². The van der Waals surface area contributed by atoms with Gasteiger partial charge >= 0.3 is 0 Å². The van der Waals surface area contributed by atoms with Crippen LogP contribution in [0.4, 0.5) is 0 Å². The second-order valence-electron chi connectivity index (χ2n) is 6.45. The molecule has 5 nitrogen and oxygen atoms in total. The van der Waals surface area contributed by atoms with E-state index in [1.54, 1.807) is 7.11 Å². The number of nitriles is 1. The molecule has 1 aromatic carbocycles. The van der Waals surface area contributed by atoms with E-state index in [-0.39, 0.29) is 6.10 Å². The van der Waals surface area contributed by atoms with Gasteiger partial charge in [-0.25, -0.2) is 0 Å². The molecule has 1 saturated heterocycles. The molecule has 5 heteroatoms. The van der Waals surface area contributed by atoms with Crippen LogP contribution in [0.3, 0.4) is 0 Å². The maximum Gasteiger partial charge on any atom is 0.161 e. The highest BCUT2D eigenvalue weighted by molar-refractivity contribution is 5.43. The molecule has 1 aromatic rings. The zero-order chi connectivity index (χ0) is 17.4. The molecule has 24 heavy (non-hydrogen) atoms. The third-order valence-electron chi connectivity index (χ3n) is 4.64. The predicted octanol–water partition coefficient (Wildman–Crippen LogP) is 2.97. The van der Waals surface area contributed by atoms with Gasteiger partial charge in [0.1, 0.15) is 0 Å². The molecular formula is C19H28N2O3. The third-order valence-corrected chi connectivity index (χ3v) is 4.64. The van der Waals surface area contributed by atoms with Gasteiger partial charge in [0.2, 0.25) is 0 Å². The first-order chi connectivity index (χ1) is 11.6. The lowest BCUT2D eigenvalue weighted by Crippen LogP contribution is -2.36. The van der Waals surface area contributed by atoms with Crippen molar-refractivity contribution in [3.05, 3.63) is 23.8 Å². The van der Waals surface area contributed by atoms with Crippen molar-refractivity contribution in [3.63, 3.8) is 0 Å². The summed E-state index contributed by atoms with van der Waals surface area (Å²) in [5, 5.41) is 18.3. The van der Waals surface area contributed by atoms with Gasteiger partial charge < -0.3 is 14.6 Å². The van der Waals surface area contributed by atoms with Crippen LogP contribution in [-0.2, 0) is 6.54 Å². The summed E-state index contributed by atoms with van der Waals surface area (Å²) in [4.78, 5) is 2.42. The maximum absolute atomic E-state index is 9.70. The van der Waals surface area contributed by atoms with E-state index >= 15 is 0 Å². The number of nitrogens with zero attached hydrogens (tertiary/aromatic N) is 2. The number of rotatable bonds is 8. The van der Waals surface area contributed by atoms with Crippen molar-refractivity contribution in [2.45, 2.75) is 45.3 Å². The van der Waals surface area contributed by atoms with E-state index in [2.05, 4.69) is 17.0 Å². The second kappa shape index (κ2) is 9.51. The number of hydrogen-bond donors (Lipinski definition) is 1. The van der Waals surface area contributed by atoms with Crippen LogP contribution in [0.1, 0.15) is 38.2 Å². The molecule has 1 heterocycles. The minimum absolute atomic E-state index is 0.207. The van der Waals surface area contributed by atoms with Gasteiger partial charge in [-0.1, -0.05) is 6.07 Å². The Bertz CT molecular complexity index is 546. The minimum atomic E-state index is -0.207. The molecule has 0 saturated carbocycles. The van der Waals surface area contributed by atoms with Gasteiger partial charge in [-0.3, -0.25) is 4.90 Å². The smallest absolute Gasteiger partial charge is 0.161 e. The molecule has 1 aliphatic rings. The van der Waals surface area contributed by atoms with Gasteiger partial charge in [0.25, 0.3) is 0 Å². The van der Waals surface area contributed by atoms with Crippen LogP contribution in [0, 0.1) is 17.2 Å². The Hall–Kier alpha value is -1.77. The molecule has 1 atom stereocenters. The SMILES string of the molecule is COc1ccc(CN2CCC(C(C)O)CC2)cc1OCCCC#N. The summed E-state index contributed by atoms with van der Waals surface area (Å²) in [7, 11) is 1.64. The first-order valence-corrected chi connectivity index (χ1v) is 8.71. The zero-order valence-electron chi connectivity index (χ0n) is 14.7. The average molecular weight is 332 g/mol. The summed E-state index contributed by atoms with van der Waals surface area (Å²) in [6.45, 7) is 5.32. The Morgan fingerprint density at radius 1 is 1.33 bits per heavy atom.